The van der Waals surface area contributed by atoms with Crippen molar-refractivity contribution in [1.29, 1.82) is 0 Å². The molecule has 0 saturated carbocycles. The molecule has 0 radical (unpaired) electrons. The molecule has 2 aliphatic heterocycles. The van der Waals surface area contributed by atoms with Gasteiger partial charge in [-0.1, -0.05) is 25.1 Å². The highest BCUT2D eigenvalue weighted by molar-refractivity contribution is 5.82. The van der Waals surface area contributed by atoms with Gasteiger partial charge in [0.05, 0.1) is 6.61 Å². The fraction of sp³-hybridized carbons (Fsp3) is 0.500. The van der Waals surface area contributed by atoms with E-state index in [1.807, 2.05) is 18.2 Å². The fourth-order valence-electron chi connectivity index (χ4n) is 3.31. The summed E-state index contributed by atoms with van der Waals surface area (Å²) < 4.78 is 5.70. The summed E-state index contributed by atoms with van der Waals surface area (Å²) >= 11 is 0. The van der Waals surface area contributed by atoms with Crippen molar-refractivity contribution in [2.24, 2.45) is 0 Å². The summed E-state index contributed by atoms with van der Waals surface area (Å²) in [5.74, 6) is 1.13. The lowest BCUT2D eigenvalue weighted by Gasteiger charge is -2.38. The van der Waals surface area contributed by atoms with Gasteiger partial charge in [-0.3, -0.25) is 4.79 Å². The molecule has 0 bridgehead atoms. The number of hydrogen-bond acceptors (Lipinski definition) is 2. The third kappa shape index (κ3) is 1.45. The van der Waals surface area contributed by atoms with Crippen LogP contribution in [0.5, 0.6) is 5.75 Å². The Morgan fingerprint density at radius 1 is 1.47 bits per heavy atom. The van der Waals surface area contributed by atoms with Crippen molar-refractivity contribution in [1.82, 2.24) is 5.32 Å². The molecule has 1 saturated heterocycles. The van der Waals surface area contributed by atoms with E-state index < -0.39 is 0 Å². The first-order valence-corrected chi connectivity index (χ1v) is 6.28. The molecular weight excluding hydrogens is 214 g/mol. The second kappa shape index (κ2) is 3.76. The summed E-state index contributed by atoms with van der Waals surface area (Å²) in [5.41, 5.74) is 1.16. The molecule has 2 heterocycles. The molecule has 3 rings (SSSR count). The van der Waals surface area contributed by atoms with Gasteiger partial charge < -0.3 is 10.1 Å². The molecule has 1 aromatic rings. The lowest BCUT2D eigenvalue weighted by Crippen LogP contribution is -2.43. The van der Waals surface area contributed by atoms with Gasteiger partial charge in [0.2, 0.25) is 5.91 Å². The first-order chi connectivity index (χ1) is 8.26. The SMILES string of the molecule is CCC1NC(=O)CC12CCOc1ccccc12. The van der Waals surface area contributed by atoms with Crippen LogP contribution in [-0.4, -0.2) is 18.6 Å². The quantitative estimate of drug-likeness (QED) is 0.803. The number of fused-ring (bicyclic) bond motifs is 2. The Labute approximate surface area is 101 Å². The molecule has 3 heteroatoms. The van der Waals surface area contributed by atoms with Crippen LogP contribution in [0.3, 0.4) is 0 Å². The molecule has 1 aromatic carbocycles. The van der Waals surface area contributed by atoms with E-state index in [1.54, 1.807) is 0 Å². The fourth-order valence-corrected chi connectivity index (χ4v) is 3.31. The number of para-hydroxylation sites is 1. The van der Waals surface area contributed by atoms with Crippen LogP contribution in [0.15, 0.2) is 24.3 Å². The maximum atomic E-state index is 11.7. The van der Waals surface area contributed by atoms with Crippen molar-refractivity contribution >= 4 is 5.91 Å². The second-order valence-corrected chi connectivity index (χ2v) is 4.96. The Morgan fingerprint density at radius 2 is 2.29 bits per heavy atom. The van der Waals surface area contributed by atoms with Gasteiger partial charge in [-0.15, -0.1) is 0 Å². The molecule has 2 unspecified atom stereocenters. The molecule has 1 spiro atoms. The van der Waals surface area contributed by atoms with E-state index in [2.05, 4.69) is 18.3 Å². The first-order valence-electron chi connectivity index (χ1n) is 6.28. The minimum Gasteiger partial charge on any atom is -0.493 e. The molecule has 90 valence electrons. The van der Waals surface area contributed by atoms with Crippen LogP contribution >= 0.6 is 0 Å². The Morgan fingerprint density at radius 3 is 3.12 bits per heavy atom. The van der Waals surface area contributed by atoms with Gasteiger partial charge >= 0.3 is 0 Å². The maximum Gasteiger partial charge on any atom is 0.221 e. The minimum absolute atomic E-state index is 0.0410. The van der Waals surface area contributed by atoms with E-state index >= 15 is 0 Å². The zero-order valence-corrected chi connectivity index (χ0v) is 10.0. The second-order valence-electron chi connectivity index (χ2n) is 4.96. The zero-order chi connectivity index (χ0) is 11.9. The number of hydrogen-bond donors (Lipinski definition) is 1. The molecule has 1 amide bonds. The van der Waals surface area contributed by atoms with Gasteiger partial charge in [-0.25, -0.2) is 0 Å². The average Bonchev–Trinajstić information content (AvgIpc) is 2.67. The first kappa shape index (κ1) is 10.6. The van der Waals surface area contributed by atoms with E-state index in [1.165, 1.54) is 5.56 Å². The van der Waals surface area contributed by atoms with Gasteiger partial charge in [-0.05, 0) is 18.9 Å². The van der Waals surface area contributed by atoms with Crippen molar-refractivity contribution in [2.75, 3.05) is 6.61 Å². The molecule has 2 aliphatic rings. The maximum absolute atomic E-state index is 11.7. The summed E-state index contributed by atoms with van der Waals surface area (Å²) in [6, 6.07) is 8.39. The standard InChI is InChI=1S/C14H17NO2/c1-2-12-14(9-13(16)15-12)7-8-17-11-6-4-3-5-10(11)14/h3-6,12H,2,7-9H2,1H3,(H,15,16). The van der Waals surface area contributed by atoms with E-state index in [9.17, 15) is 4.79 Å². The third-order valence-electron chi connectivity index (χ3n) is 4.12. The number of carbonyl (C=O) groups excluding carboxylic acids is 1. The van der Waals surface area contributed by atoms with Gasteiger partial charge in [0.15, 0.2) is 0 Å². The summed E-state index contributed by atoms with van der Waals surface area (Å²) in [7, 11) is 0. The molecule has 1 N–H and O–H groups in total. The molecule has 17 heavy (non-hydrogen) atoms. The number of nitrogens with one attached hydrogen (secondary N) is 1. The van der Waals surface area contributed by atoms with Crippen molar-refractivity contribution in [3.05, 3.63) is 29.8 Å². The topological polar surface area (TPSA) is 38.3 Å². The van der Waals surface area contributed by atoms with Gasteiger partial charge in [0.1, 0.15) is 5.75 Å². The van der Waals surface area contributed by atoms with Crippen LogP contribution in [0.1, 0.15) is 31.7 Å². The lowest BCUT2D eigenvalue weighted by molar-refractivity contribution is -0.119. The van der Waals surface area contributed by atoms with Crippen molar-refractivity contribution < 1.29 is 9.53 Å². The summed E-state index contributed by atoms with van der Waals surface area (Å²) in [6.45, 7) is 2.85. The number of carbonyl (C=O) groups is 1. The molecule has 3 nitrogen and oxygen atoms in total. The van der Waals surface area contributed by atoms with E-state index in [0.717, 1.165) is 18.6 Å². The molecular formula is C14H17NO2. The van der Waals surface area contributed by atoms with Crippen LogP contribution in [-0.2, 0) is 10.2 Å². The van der Waals surface area contributed by atoms with E-state index in [4.69, 9.17) is 4.74 Å². The summed E-state index contributed by atoms with van der Waals surface area (Å²) in [5, 5.41) is 3.11. The highest BCUT2D eigenvalue weighted by Crippen LogP contribution is 2.46. The van der Waals surface area contributed by atoms with Gasteiger partial charge in [0, 0.05) is 23.4 Å². The molecule has 0 aromatic heterocycles. The Balaban J connectivity index is 2.12. The van der Waals surface area contributed by atoms with Crippen LogP contribution in [0, 0.1) is 0 Å². The number of benzene rings is 1. The predicted molar refractivity (Wildman–Crippen MR) is 65.1 cm³/mol. The van der Waals surface area contributed by atoms with Crippen molar-refractivity contribution in [2.45, 2.75) is 37.6 Å². The summed E-state index contributed by atoms with van der Waals surface area (Å²) in [4.78, 5) is 11.7. The number of rotatable bonds is 1. The Kier molecular flexibility index (Phi) is 2.35. The largest absolute Gasteiger partial charge is 0.493 e. The lowest BCUT2D eigenvalue weighted by atomic mass is 9.70. The van der Waals surface area contributed by atoms with E-state index in [-0.39, 0.29) is 17.4 Å². The molecule has 2 atom stereocenters. The van der Waals surface area contributed by atoms with Crippen molar-refractivity contribution in [3.63, 3.8) is 0 Å². The number of ether oxygens (including phenoxy) is 1. The Hall–Kier alpha value is -1.51. The van der Waals surface area contributed by atoms with Crippen LogP contribution in [0.25, 0.3) is 0 Å². The average molecular weight is 231 g/mol. The van der Waals surface area contributed by atoms with Crippen LogP contribution < -0.4 is 10.1 Å². The van der Waals surface area contributed by atoms with Gasteiger partial charge in [0.25, 0.3) is 0 Å². The third-order valence-corrected chi connectivity index (χ3v) is 4.12. The molecule has 0 aliphatic carbocycles. The Bertz CT molecular complexity index is 457. The smallest absolute Gasteiger partial charge is 0.221 e. The minimum atomic E-state index is -0.0410. The highest BCUT2D eigenvalue weighted by Gasteiger charge is 2.49. The van der Waals surface area contributed by atoms with Crippen molar-refractivity contribution in [3.8, 4) is 5.75 Å². The van der Waals surface area contributed by atoms with Crippen LogP contribution in [0.2, 0.25) is 0 Å². The van der Waals surface area contributed by atoms with Crippen LogP contribution in [0.4, 0.5) is 0 Å². The predicted octanol–water partition coefficient (Wildman–Crippen LogP) is 2.01. The van der Waals surface area contributed by atoms with E-state index in [0.29, 0.717) is 13.0 Å². The summed E-state index contributed by atoms with van der Waals surface area (Å²) in [6.07, 6.45) is 2.51. The number of amides is 1. The normalized spacial score (nSPS) is 30.9. The molecule has 1 fully saturated rings. The zero-order valence-electron chi connectivity index (χ0n) is 10.0. The van der Waals surface area contributed by atoms with Gasteiger partial charge in [-0.2, -0.15) is 0 Å². The monoisotopic (exact) mass is 231 g/mol. The highest BCUT2D eigenvalue weighted by atomic mass is 16.5.